The van der Waals surface area contributed by atoms with Gasteiger partial charge in [0.1, 0.15) is 10.7 Å². The lowest BCUT2D eigenvalue weighted by molar-refractivity contribution is -0.255. The summed E-state index contributed by atoms with van der Waals surface area (Å²) >= 11 is 0. The molecule has 0 saturated heterocycles. The van der Waals surface area contributed by atoms with Gasteiger partial charge in [0.15, 0.2) is 0 Å². The van der Waals surface area contributed by atoms with E-state index in [1.807, 2.05) is 0 Å². The molecule has 0 bridgehead atoms. The third-order valence-corrected chi connectivity index (χ3v) is 4.67. The van der Waals surface area contributed by atoms with Crippen molar-refractivity contribution in [2.75, 3.05) is 0 Å². The van der Waals surface area contributed by atoms with Crippen LogP contribution in [0.1, 0.15) is 36.0 Å². The molecule has 104 valence electrons. The number of carbonyl (C=O) groups is 1. The van der Waals surface area contributed by atoms with Crippen molar-refractivity contribution in [2.24, 2.45) is 0 Å². The van der Waals surface area contributed by atoms with Gasteiger partial charge in [-0.25, -0.2) is 17.5 Å². The Morgan fingerprint density at radius 2 is 1.95 bits per heavy atom. The van der Waals surface area contributed by atoms with E-state index in [-0.39, 0.29) is 11.6 Å². The molecule has 1 aromatic rings. The molecule has 0 radical (unpaired) electrons. The number of carboxylic acids is 1. The van der Waals surface area contributed by atoms with Crippen molar-refractivity contribution in [1.29, 1.82) is 0 Å². The molecule has 0 unspecified atom stereocenters. The first kappa shape index (κ1) is 14.0. The van der Waals surface area contributed by atoms with Crippen LogP contribution in [0.25, 0.3) is 0 Å². The highest BCUT2D eigenvalue weighted by molar-refractivity contribution is 7.89. The molecule has 1 N–H and O–H groups in total. The molecule has 0 aromatic heterocycles. The molecule has 1 saturated carbocycles. The Morgan fingerprint density at radius 1 is 1.32 bits per heavy atom. The second kappa shape index (κ2) is 5.26. The van der Waals surface area contributed by atoms with Crippen molar-refractivity contribution in [3.63, 3.8) is 0 Å². The minimum atomic E-state index is -4.05. The van der Waals surface area contributed by atoms with Crippen LogP contribution < -0.4 is 9.83 Å². The summed E-state index contributed by atoms with van der Waals surface area (Å²) in [4.78, 5) is 10.0. The van der Waals surface area contributed by atoms with Gasteiger partial charge in [0.25, 0.3) is 0 Å². The first-order valence-electron chi connectivity index (χ1n) is 5.93. The van der Waals surface area contributed by atoms with E-state index in [1.165, 1.54) is 0 Å². The van der Waals surface area contributed by atoms with Crippen LogP contribution >= 0.6 is 0 Å². The van der Waals surface area contributed by atoms with Crippen molar-refractivity contribution < 1.29 is 22.7 Å². The summed E-state index contributed by atoms with van der Waals surface area (Å²) in [5.74, 6) is -2.52. The normalized spacial score (nSPS) is 16.7. The molecule has 1 fully saturated rings. The molecule has 0 amide bonds. The average Bonchev–Trinajstić information content (AvgIpc) is 2.81. The summed E-state index contributed by atoms with van der Waals surface area (Å²) in [6, 6.07) is 2.35. The zero-order valence-corrected chi connectivity index (χ0v) is 10.9. The number of hydrogen-bond donors (Lipinski definition) is 1. The zero-order valence-electron chi connectivity index (χ0n) is 10.1. The zero-order chi connectivity index (χ0) is 14.0. The van der Waals surface area contributed by atoms with Gasteiger partial charge in [0.05, 0.1) is 5.97 Å². The van der Waals surface area contributed by atoms with E-state index >= 15 is 0 Å². The fourth-order valence-corrected chi connectivity index (χ4v) is 3.57. The van der Waals surface area contributed by atoms with E-state index in [2.05, 4.69) is 4.72 Å². The molecule has 0 atom stereocenters. The number of carbonyl (C=O) groups excluding carboxylic acids is 1. The van der Waals surface area contributed by atoms with Gasteiger partial charge in [0.2, 0.25) is 10.0 Å². The van der Waals surface area contributed by atoms with Gasteiger partial charge in [-0.2, -0.15) is 0 Å². The molecule has 5 nitrogen and oxygen atoms in total. The van der Waals surface area contributed by atoms with E-state index in [4.69, 9.17) is 0 Å². The maximum Gasteiger partial charge on any atom is 0.243 e. The molecule has 1 aromatic carbocycles. The number of nitrogens with one attached hydrogen (secondary N) is 1. The predicted octanol–water partition coefficient (Wildman–Crippen LogP) is 0.410. The van der Waals surface area contributed by atoms with Crippen molar-refractivity contribution in [1.82, 2.24) is 4.72 Å². The summed E-state index contributed by atoms with van der Waals surface area (Å²) in [6.07, 6.45) is 3.27. The molecule has 7 heteroatoms. The van der Waals surface area contributed by atoms with Crippen molar-refractivity contribution in [3.05, 3.63) is 29.6 Å². The molecule has 0 aliphatic heterocycles. The molecule has 2 rings (SSSR count). The summed E-state index contributed by atoms with van der Waals surface area (Å²) in [5, 5.41) is 10.7. The Labute approximate surface area is 110 Å². The second-order valence-electron chi connectivity index (χ2n) is 4.54. The van der Waals surface area contributed by atoms with Crippen LogP contribution in [0.5, 0.6) is 0 Å². The Bertz CT molecular complexity index is 594. The third-order valence-electron chi connectivity index (χ3n) is 3.13. The SMILES string of the molecule is O=C([O-])c1ccc(F)c(S(=O)(=O)NC2CCCC2)c1. The summed E-state index contributed by atoms with van der Waals surface area (Å²) in [5.41, 5.74) is -0.367. The highest BCUT2D eigenvalue weighted by Crippen LogP contribution is 2.22. The Balaban J connectivity index is 2.33. The van der Waals surface area contributed by atoms with E-state index < -0.39 is 26.7 Å². The van der Waals surface area contributed by atoms with E-state index in [1.54, 1.807) is 0 Å². The molecule has 0 spiro atoms. The molecule has 1 aliphatic rings. The smallest absolute Gasteiger partial charge is 0.243 e. The number of aromatic carboxylic acids is 1. The van der Waals surface area contributed by atoms with Crippen LogP contribution in [-0.2, 0) is 10.0 Å². The topological polar surface area (TPSA) is 86.3 Å². The quantitative estimate of drug-likeness (QED) is 0.868. The molecule has 19 heavy (non-hydrogen) atoms. The molecule has 0 heterocycles. The van der Waals surface area contributed by atoms with Crippen LogP contribution in [0.15, 0.2) is 23.1 Å². The number of carboxylic acid groups (broad SMARTS) is 1. The fourth-order valence-electron chi connectivity index (χ4n) is 2.16. The van der Waals surface area contributed by atoms with Gasteiger partial charge in [-0.3, -0.25) is 0 Å². The van der Waals surface area contributed by atoms with Crippen molar-refractivity contribution >= 4 is 16.0 Å². The van der Waals surface area contributed by atoms with Gasteiger partial charge < -0.3 is 9.90 Å². The molecule has 1 aliphatic carbocycles. The lowest BCUT2D eigenvalue weighted by Crippen LogP contribution is -2.33. The standard InChI is InChI=1S/C12H14FNO4S/c13-10-6-5-8(12(15)16)7-11(10)19(17,18)14-9-3-1-2-4-9/h5-7,9,14H,1-4H2,(H,15,16)/p-1. The van der Waals surface area contributed by atoms with Gasteiger partial charge in [-0.05, 0) is 30.5 Å². The number of rotatable bonds is 4. The van der Waals surface area contributed by atoms with Crippen molar-refractivity contribution in [3.8, 4) is 0 Å². The van der Waals surface area contributed by atoms with Crippen molar-refractivity contribution in [2.45, 2.75) is 36.6 Å². The average molecular weight is 286 g/mol. The van der Waals surface area contributed by atoms with Gasteiger partial charge in [-0.15, -0.1) is 0 Å². The van der Waals surface area contributed by atoms with Gasteiger partial charge in [0, 0.05) is 6.04 Å². The van der Waals surface area contributed by atoms with Crippen LogP contribution in [-0.4, -0.2) is 20.4 Å². The fraction of sp³-hybridized carbons (Fsp3) is 0.417. The Kier molecular flexibility index (Phi) is 3.86. The lowest BCUT2D eigenvalue weighted by atomic mass is 10.2. The molecular weight excluding hydrogens is 273 g/mol. The van der Waals surface area contributed by atoms with E-state index in [9.17, 15) is 22.7 Å². The summed E-state index contributed by atoms with van der Waals surface area (Å²) < 4.78 is 40.0. The van der Waals surface area contributed by atoms with Gasteiger partial charge in [-0.1, -0.05) is 18.9 Å². The largest absolute Gasteiger partial charge is 0.545 e. The minimum Gasteiger partial charge on any atom is -0.545 e. The highest BCUT2D eigenvalue weighted by Gasteiger charge is 2.25. The Hall–Kier alpha value is -1.47. The summed E-state index contributed by atoms with van der Waals surface area (Å²) in [6.45, 7) is 0. The number of sulfonamides is 1. The predicted molar refractivity (Wildman–Crippen MR) is 63.3 cm³/mol. The maximum absolute atomic E-state index is 13.6. The third kappa shape index (κ3) is 3.10. The second-order valence-corrected chi connectivity index (χ2v) is 6.22. The monoisotopic (exact) mass is 286 g/mol. The first-order valence-corrected chi connectivity index (χ1v) is 7.42. The maximum atomic E-state index is 13.6. The number of benzene rings is 1. The molecular formula is C12H13FNO4S-. The van der Waals surface area contributed by atoms with Gasteiger partial charge >= 0.3 is 0 Å². The Morgan fingerprint density at radius 3 is 2.53 bits per heavy atom. The van der Waals surface area contributed by atoms with E-state index in [0.29, 0.717) is 12.8 Å². The van der Waals surface area contributed by atoms with E-state index in [0.717, 1.165) is 31.0 Å². The number of halogens is 1. The van der Waals surface area contributed by atoms with Crippen LogP contribution in [0.2, 0.25) is 0 Å². The lowest BCUT2D eigenvalue weighted by Gasteiger charge is -2.14. The highest BCUT2D eigenvalue weighted by atomic mass is 32.2. The summed E-state index contributed by atoms with van der Waals surface area (Å²) in [7, 11) is -4.05. The number of hydrogen-bond acceptors (Lipinski definition) is 4. The van der Waals surface area contributed by atoms with Crippen LogP contribution in [0.4, 0.5) is 4.39 Å². The first-order chi connectivity index (χ1) is 8.90. The van der Waals surface area contributed by atoms with Crippen LogP contribution in [0, 0.1) is 5.82 Å². The minimum absolute atomic E-state index is 0.212. The van der Waals surface area contributed by atoms with Crippen LogP contribution in [0.3, 0.4) is 0 Å².